The van der Waals surface area contributed by atoms with Gasteiger partial charge in [0, 0.05) is 10.9 Å². The molecule has 0 atom stereocenters. The topological polar surface area (TPSA) is 68.0 Å². The number of benzene rings is 1. The second kappa shape index (κ2) is 4.85. The number of aryl methyl sites for hydroxylation is 1. The highest BCUT2D eigenvalue weighted by atomic mass is 79.9. The maximum atomic E-state index is 13.0. The van der Waals surface area contributed by atoms with Crippen LogP contribution in [0.3, 0.4) is 0 Å². The third-order valence-electron chi connectivity index (χ3n) is 2.32. The van der Waals surface area contributed by atoms with Gasteiger partial charge in [0.15, 0.2) is 0 Å². The number of rotatable bonds is 3. The smallest absolute Gasteiger partial charge is 0.375 e. The van der Waals surface area contributed by atoms with Crippen LogP contribution in [0.4, 0.5) is 4.39 Å². The average molecular weight is 314 g/mol. The summed E-state index contributed by atoms with van der Waals surface area (Å²) in [6, 6.07) is 4.08. The van der Waals surface area contributed by atoms with Crippen molar-refractivity contribution in [1.82, 2.24) is 14.8 Å². The lowest BCUT2D eigenvalue weighted by Crippen LogP contribution is -2.04. The number of nitrogens with zero attached hydrogens (tertiary/aromatic N) is 3. The third-order valence-corrected chi connectivity index (χ3v) is 2.95. The summed E-state index contributed by atoms with van der Waals surface area (Å²) in [5.41, 5.74) is 0.549. The van der Waals surface area contributed by atoms with Gasteiger partial charge < -0.3 is 5.11 Å². The summed E-state index contributed by atoms with van der Waals surface area (Å²) in [6.07, 6.45) is 0.518. The summed E-state index contributed by atoms with van der Waals surface area (Å²) in [5.74, 6) is -1.35. The van der Waals surface area contributed by atoms with Crippen molar-refractivity contribution in [3.63, 3.8) is 0 Å². The largest absolute Gasteiger partial charge is 0.475 e. The normalized spacial score (nSPS) is 10.6. The lowest BCUT2D eigenvalue weighted by atomic mass is 10.3. The summed E-state index contributed by atoms with van der Waals surface area (Å²) in [4.78, 5) is 14.7. The Labute approximate surface area is 110 Å². The van der Waals surface area contributed by atoms with Gasteiger partial charge >= 0.3 is 5.97 Å². The van der Waals surface area contributed by atoms with Gasteiger partial charge in [0.1, 0.15) is 11.6 Å². The fourth-order valence-electron chi connectivity index (χ4n) is 1.51. The molecule has 1 aromatic carbocycles. The lowest BCUT2D eigenvalue weighted by molar-refractivity contribution is 0.0683. The molecule has 0 amide bonds. The zero-order valence-corrected chi connectivity index (χ0v) is 11.0. The predicted molar refractivity (Wildman–Crippen MR) is 65.4 cm³/mol. The average Bonchev–Trinajstić information content (AvgIpc) is 2.73. The van der Waals surface area contributed by atoms with Crippen molar-refractivity contribution < 1.29 is 14.3 Å². The van der Waals surface area contributed by atoms with Gasteiger partial charge in [0.25, 0.3) is 5.82 Å². The first-order valence-corrected chi connectivity index (χ1v) is 5.97. The monoisotopic (exact) mass is 313 g/mol. The van der Waals surface area contributed by atoms with E-state index < -0.39 is 5.97 Å². The van der Waals surface area contributed by atoms with Crippen LogP contribution in [0.1, 0.15) is 23.4 Å². The Morgan fingerprint density at radius 3 is 2.83 bits per heavy atom. The maximum absolute atomic E-state index is 13.0. The Hall–Kier alpha value is -1.76. The highest BCUT2D eigenvalue weighted by Crippen LogP contribution is 2.22. The number of aromatic carboxylic acids is 1. The minimum atomic E-state index is -1.19. The molecule has 94 valence electrons. The Bertz CT molecular complexity index is 612. The molecule has 5 nitrogen and oxygen atoms in total. The second-order valence-electron chi connectivity index (χ2n) is 3.52. The fourth-order valence-corrected chi connectivity index (χ4v) is 2.03. The van der Waals surface area contributed by atoms with E-state index in [0.29, 0.717) is 22.4 Å². The van der Waals surface area contributed by atoms with Crippen molar-refractivity contribution in [2.75, 3.05) is 0 Å². The molecule has 0 aliphatic heterocycles. The van der Waals surface area contributed by atoms with E-state index in [1.165, 1.54) is 22.9 Å². The van der Waals surface area contributed by atoms with Crippen molar-refractivity contribution in [3.05, 3.63) is 40.1 Å². The van der Waals surface area contributed by atoms with Gasteiger partial charge in [0.2, 0.25) is 0 Å². The molecular weight excluding hydrogens is 305 g/mol. The maximum Gasteiger partial charge on any atom is 0.375 e. The van der Waals surface area contributed by atoms with Crippen molar-refractivity contribution >= 4 is 21.9 Å². The van der Waals surface area contributed by atoms with E-state index in [9.17, 15) is 9.18 Å². The van der Waals surface area contributed by atoms with Gasteiger partial charge in [-0.2, -0.15) is 0 Å². The highest BCUT2D eigenvalue weighted by molar-refractivity contribution is 9.10. The zero-order valence-electron chi connectivity index (χ0n) is 9.39. The molecular formula is C11H9BrFN3O2. The highest BCUT2D eigenvalue weighted by Gasteiger charge is 2.16. The molecule has 0 unspecified atom stereocenters. The predicted octanol–water partition coefficient (Wildman–Crippen LogP) is 2.43. The third kappa shape index (κ3) is 2.26. The minimum Gasteiger partial charge on any atom is -0.475 e. The Balaban J connectivity index is 2.58. The van der Waals surface area contributed by atoms with E-state index >= 15 is 0 Å². The number of carbonyl (C=O) groups is 1. The number of hydrogen-bond acceptors (Lipinski definition) is 3. The van der Waals surface area contributed by atoms with Crippen molar-refractivity contribution in [2.45, 2.75) is 13.3 Å². The molecule has 2 aromatic rings. The van der Waals surface area contributed by atoms with Crippen LogP contribution in [0.2, 0.25) is 0 Å². The van der Waals surface area contributed by atoms with Crippen molar-refractivity contribution in [1.29, 1.82) is 0 Å². The van der Waals surface area contributed by atoms with Gasteiger partial charge in [-0.05, 0) is 34.1 Å². The molecule has 0 saturated heterocycles. The van der Waals surface area contributed by atoms with Gasteiger partial charge in [-0.15, -0.1) is 5.10 Å². The Kier molecular flexibility index (Phi) is 3.42. The molecule has 0 radical (unpaired) electrons. The van der Waals surface area contributed by atoms with Crippen molar-refractivity contribution in [3.8, 4) is 5.69 Å². The number of hydrogen-bond donors (Lipinski definition) is 1. The summed E-state index contributed by atoms with van der Waals surface area (Å²) in [6.45, 7) is 1.84. The van der Waals surface area contributed by atoms with Gasteiger partial charge in [0.05, 0.1) is 5.69 Å². The fraction of sp³-hybridized carbons (Fsp3) is 0.182. The summed E-state index contributed by atoms with van der Waals surface area (Å²) < 4.78 is 14.9. The van der Waals surface area contributed by atoms with E-state index in [4.69, 9.17) is 5.11 Å². The standard InChI is InChI=1S/C11H9BrFN3O2/c1-2-9-14-10(11(17)18)15-16(9)8-4-3-6(13)5-7(8)12/h3-5H,2H2,1H3,(H,17,18). The molecule has 0 aliphatic carbocycles. The molecule has 0 saturated carbocycles. The molecule has 7 heteroatoms. The van der Waals surface area contributed by atoms with Crippen LogP contribution in [0, 0.1) is 5.82 Å². The van der Waals surface area contributed by atoms with E-state index in [0.717, 1.165) is 0 Å². The molecule has 0 bridgehead atoms. The van der Waals surface area contributed by atoms with E-state index in [-0.39, 0.29) is 11.6 Å². The first kappa shape index (κ1) is 12.7. The van der Waals surface area contributed by atoms with Crippen LogP contribution >= 0.6 is 15.9 Å². The zero-order chi connectivity index (χ0) is 13.3. The molecule has 0 fully saturated rings. The molecule has 1 aromatic heterocycles. The molecule has 1 heterocycles. The summed E-state index contributed by atoms with van der Waals surface area (Å²) >= 11 is 3.22. The summed E-state index contributed by atoms with van der Waals surface area (Å²) in [7, 11) is 0. The first-order chi connectivity index (χ1) is 8.52. The van der Waals surface area contributed by atoms with Crippen LogP contribution in [-0.2, 0) is 6.42 Å². The van der Waals surface area contributed by atoms with Crippen LogP contribution < -0.4 is 0 Å². The number of halogens is 2. The quantitative estimate of drug-likeness (QED) is 0.945. The number of carboxylic acids is 1. The molecule has 18 heavy (non-hydrogen) atoms. The lowest BCUT2D eigenvalue weighted by Gasteiger charge is -2.06. The minimum absolute atomic E-state index is 0.275. The molecule has 0 aliphatic rings. The first-order valence-electron chi connectivity index (χ1n) is 5.17. The van der Waals surface area contributed by atoms with E-state index in [1.54, 1.807) is 0 Å². The van der Waals surface area contributed by atoms with E-state index in [1.807, 2.05) is 6.92 Å². The van der Waals surface area contributed by atoms with Gasteiger partial charge in [-0.3, -0.25) is 0 Å². The Morgan fingerprint density at radius 1 is 1.56 bits per heavy atom. The Morgan fingerprint density at radius 2 is 2.28 bits per heavy atom. The SMILES string of the molecule is CCc1nc(C(=O)O)nn1-c1ccc(F)cc1Br. The number of aromatic nitrogens is 3. The van der Waals surface area contributed by atoms with Crippen molar-refractivity contribution in [2.24, 2.45) is 0 Å². The van der Waals surface area contributed by atoms with E-state index in [2.05, 4.69) is 26.0 Å². The van der Waals surface area contributed by atoms with Gasteiger partial charge in [-0.25, -0.2) is 18.9 Å². The second-order valence-corrected chi connectivity index (χ2v) is 4.37. The summed E-state index contributed by atoms with van der Waals surface area (Å²) in [5, 5.41) is 12.8. The molecule has 0 spiro atoms. The van der Waals surface area contributed by atoms with Gasteiger partial charge in [-0.1, -0.05) is 6.92 Å². The van der Waals surface area contributed by atoms with Crippen LogP contribution in [0.15, 0.2) is 22.7 Å². The molecule has 2 rings (SSSR count). The molecule has 1 N–H and O–H groups in total. The van der Waals surface area contributed by atoms with Crippen LogP contribution in [0.25, 0.3) is 5.69 Å². The van der Waals surface area contributed by atoms with Crippen LogP contribution in [-0.4, -0.2) is 25.8 Å². The van der Waals surface area contributed by atoms with Crippen LogP contribution in [0.5, 0.6) is 0 Å². The number of carboxylic acid groups (broad SMARTS) is 1.